The second-order valence-corrected chi connectivity index (χ2v) is 11.4. The van der Waals surface area contributed by atoms with Crippen LogP contribution in [0.15, 0.2) is 35.2 Å². The van der Waals surface area contributed by atoms with E-state index in [4.69, 9.17) is 16.3 Å². The van der Waals surface area contributed by atoms with E-state index >= 15 is 0 Å². The lowest BCUT2D eigenvalue weighted by atomic mass is 9.84. The summed E-state index contributed by atoms with van der Waals surface area (Å²) in [4.78, 5) is 15.9. The first-order valence-electron chi connectivity index (χ1n) is 12.0. The maximum Gasteiger partial charge on any atom is 0.365 e. The number of nitroso groups, excluding NO2 is 1. The van der Waals surface area contributed by atoms with E-state index in [0.29, 0.717) is 59.0 Å². The zero-order valence-corrected chi connectivity index (χ0v) is 20.8. The summed E-state index contributed by atoms with van der Waals surface area (Å²) >= 11 is 6.68. The molecule has 35 heavy (non-hydrogen) atoms. The van der Waals surface area contributed by atoms with Crippen molar-refractivity contribution in [3.63, 3.8) is 0 Å². The quantitative estimate of drug-likeness (QED) is 0.447. The lowest BCUT2D eigenvalue weighted by molar-refractivity contribution is -0.440. The number of fused-ring (bicyclic) bond motifs is 1. The van der Waals surface area contributed by atoms with Crippen LogP contribution in [0.5, 0.6) is 0 Å². The first-order valence-corrected chi connectivity index (χ1v) is 13.5. The first kappa shape index (κ1) is 24.8. The number of hydrogen-bond donors (Lipinski definition) is 2. The van der Waals surface area contributed by atoms with Gasteiger partial charge in [0.1, 0.15) is 14.9 Å². The van der Waals surface area contributed by atoms with Gasteiger partial charge in [0, 0.05) is 34.4 Å². The SMILES string of the molecule is O=[N+]1C(C2CCCCC2)CN(CC2COC2)c2cc(Cl)c(-c3ccc(F)c(C(O)O)c3)cc2S1=O. The molecule has 0 radical (unpaired) electrons. The molecule has 5 rings (SSSR count). The van der Waals surface area contributed by atoms with Gasteiger partial charge >= 0.3 is 11.0 Å². The highest BCUT2D eigenvalue weighted by Crippen LogP contribution is 2.41. The van der Waals surface area contributed by atoms with E-state index in [1.165, 1.54) is 12.1 Å². The zero-order chi connectivity index (χ0) is 24.7. The predicted octanol–water partition coefficient (Wildman–Crippen LogP) is 4.35. The van der Waals surface area contributed by atoms with Crippen LogP contribution < -0.4 is 4.90 Å². The van der Waals surface area contributed by atoms with E-state index in [9.17, 15) is 23.7 Å². The molecule has 3 aliphatic rings. The van der Waals surface area contributed by atoms with Crippen molar-refractivity contribution in [2.24, 2.45) is 11.8 Å². The van der Waals surface area contributed by atoms with Crippen LogP contribution in [0, 0.1) is 22.6 Å². The third-order valence-corrected chi connectivity index (χ3v) is 9.00. The lowest BCUT2D eigenvalue weighted by Crippen LogP contribution is -2.46. The monoisotopic (exact) mass is 523 g/mol. The van der Waals surface area contributed by atoms with E-state index in [2.05, 4.69) is 4.90 Å². The van der Waals surface area contributed by atoms with Crippen molar-refractivity contribution in [1.82, 2.24) is 0 Å². The van der Waals surface area contributed by atoms with E-state index in [1.54, 1.807) is 12.1 Å². The summed E-state index contributed by atoms with van der Waals surface area (Å²) in [5.41, 5.74) is 1.25. The molecule has 0 amide bonds. The maximum atomic E-state index is 14.0. The van der Waals surface area contributed by atoms with Gasteiger partial charge in [0.05, 0.1) is 30.5 Å². The zero-order valence-electron chi connectivity index (χ0n) is 19.2. The van der Waals surface area contributed by atoms with E-state index in [1.807, 2.05) is 0 Å². The van der Waals surface area contributed by atoms with Crippen LogP contribution in [0.4, 0.5) is 10.1 Å². The predicted molar refractivity (Wildman–Crippen MR) is 131 cm³/mol. The topological polar surface area (TPSA) is 90.1 Å². The second-order valence-electron chi connectivity index (χ2n) is 9.72. The van der Waals surface area contributed by atoms with Crippen LogP contribution >= 0.6 is 11.6 Å². The summed E-state index contributed by atoms with van der Waals surface area (Å²) in [7, 11) is -1.97. The summed E-state index contributed by atoms with van der Waals surface area (Å²) in [6.45, 7) is 2.44. The highest BCUT2D eigenvalue weighted by atomic mass is 35.5. The van der Waals surface area contributed by atoms with Crippen LogP contribution in [-0.4, -0.2) is 50.9 Å². The Morgan fingerprint density at radius 1 is 1.17 bits per heavy atom. The van der Waals surface area contributed by atoms with Crippen LogP contribution in [-0.2, 0) is 15.7 Å². The van der Waals surface area contributed by atoms with Crippen LogP contribution in [0.3, 0.4) is 0 Å². The fourth-order valence-electron chi connectivity index (χ4n) is 5.39. The fraction of sp³-hybridized carbons (Fsp3) is 0.520. The number of aliphatic hydroxyl groups is 2. The highest BCUT2D eigenvalue weighted by molar-refractivity contribution is 7.79. The number of anilines is 1. The molecule has 188 valence electrons. The standard InChI is InChI=1S/C25H29ClFN2O5S/c26-20-10-22-24(9-18(20)17-6-7-21(27)19(8-17)25(30)31)35(33)29(32)23(16-4-2-1-3-5-16)12-28(22)11-15-13-34-14-15/h6-10,15-16,23,25,30-31H,1-5,11-14H2/q+1. The molecule has 2 fully saturated rings. The van der Waals surface area contributed by atoms with Gasteiger partial charge < -0.3 is 19.8 Å². The second kappa shape index (κ2) is 10.2. The van der Waals surface area contributed by atoms with Crippen LogP contribution in [0.25, 0.3) is 11.1 Å². The van der Waals surface area contributed by atoms with Gasteiger partial charge in [-0.2, -0.15) is 4.21 Å². The third kappa shape index (κ3) is 4.89. The molecule has 2 aromatic rings. The number of halogens is 2. The van der Waals surface area contributed by atoms with Gasteiger partial charge in [-0.25, -0.2) is 4.39 Å². The van der Waals surface area contributed by atoms with Crippen molar-refractivity contribution in [2.75, 3.05) is 31.2 Å². The van der Waals surface area contributed by atoms with Crippen LogP contribution in [0.1, 0.15) is 44.0 Å². The number of rotatable bonds is 5. The van der Waals surface area contributed by atoms with E-state index in [0.717, 1.165) is 42.3 Å². The van der Waals surface area contributed by atoms with Gasteiger partial charge in [0.25, 0.3) is 0 Å². The van der Waals surface area contributed by atoms with Gasteiger partial charge in [0.15, 0.2) is 6.29 Å². The Morgan fingerprint density at radius 2 is 1.91 bits per heavy atom. The number of ether oxygens (including phenoxy) is 1. The molecule has 2 aromatic carbocycles. The Hall–Kier alpha value is -1.91. The highest BCUT2D eigenvalue weighted by Gasteiger charge is 2.46. The van der Waals surface area contributed by atoms with Crippen molar-refractivity contribution < 1.29 is 27.7 Å². The number of hydrogen-bond acceptors (Lipinski definition) is 6. The fourth-order valence-corrected chi connectivity index (χ4v) is 6.92. The van der Waals surface area contributed by atoms with Gasteiger partial charge in [-0.15, -0.1) is 0 Å². The molecular weight excluding hydrogens is 495 g/mol. The summed E-state index contributed by atoms with van der Waals surface area (Å²) in [5, 5.41) is 19.4. The third-order valence-electron chi connectivity index (χ3n) is 7.38. The molecule has 1 aliphatic carbocycles. The van der Waals surface area contributed by atoms with Crippen molar-refractivity contribution in [3.8, 4) is 11.1 Å². The molecule has 0 bridgehead atoms. The Labute approximate surface area is 211 Å². The number of aliphatic hydroxyl groups excluding tert-OH is 1. The van der Waals surface area contributed by atoms with Gasteiger partial charge in [-0.3, -0.25) is 0 Å². The Balaban J connectivity index is 1.58. The van der Waals surface area contributed by atoms with Crippen molar-refractivity contribution in [2.45, 2.75) is 49.3 Å². The van der Waals surface area contributed by atoms with Crippen molar-refractivity contribution >= 4 is 28.3 Å². The van der Waals surface area contributed by atoms with Gasteiger partial charge in [-0.05, 0) is 42.7 Å². The molecule has 0 spiro atoms. The molecule has 2 atom stereocenters. The Kier molecular flexibility index (Phi) is 7.23. The summed E-state index contributed by atoms with van der Waals surface area (Å²) in [6, 6.07) is 6.85. The molecular formula is C25H29ClFN2O5S+. The van der Waals surface area contributed by atoms with E-state index < -0.39 is 29.1 Å². The molecule has 2 N–H and O–H groups in total. The lowest BCUT2D eigenvalue weighted by Gasteiger charge is -2.34. The molecule has 2 aliphatic heterocycles. The van der Waals surface area contributed by atoms with E-state index in [-0.39, 0.29) is 11.5 Å². The van der Waals surface area contributed by atoms with Gasteiger partial charge in [-0.1, -0.05) is 36.9 Å². The number of benzene rings is 2. The molecule has 1 saturated heterocycles. The minimum Gasteiger partial charge on any atom is -0.381 e. The molecule has 2 unspecified atom stereocenters. The minimum absolute atomic E-state index is 0.181. The normalized spacial score (nSPS) is 23.8. The smallest absolute Gasteiger partial charge is 0.365 e. The number of nitrogens with zero attached hydrogens (tertiary/aromatic N) is 2. The average Bonchev–Trinajstić information content (AvgIpc) is 2.92. The van der Waals surface area contributed by atoms with Crippen LogP contribution in [0.2, 0.25) is 5.02 Å². The summed E-state index contributed by atoms with van der Waals surface area (Å²) < 4.78 is 33.8. The summed E-state index contributed by atoms with van der Waals surface area (Å²) in [5.74, 6) is -0.251. The maximum absolute atomic E-state index is 14.0. The Morgan fingerprint density at radius 3 is 2.57 bits per heavy atom. The first-order chi connectivity index (χ1) is 16.8. The van der Waals surface area contributed by atoms with Gasteiger partial charge in [0.2, 0.25) is 6.04 Å². The average molecular weight is 524 g/mol. The Bertz CT molecular complexity index is 1150. The molecule has 10 heteroatoms. The largest absolute Gasteiger partial charge is 0.381 e. The molecule has 0 aromatic heterocycles. The molecule has 1 saturated carbocycles. The van der Waals surface area contributed by atoms with Crippen molar-refractivity contribution in [3.05, 3.63) is 51.6 Å². The molecule has 2 heterocycles. The van der Waals surface area contributed by atoms with Crippen molar-refractivity contribution in [1.29, 1.82) is 0 Å². The minimum atomic E-state index is -1.99. The summed E-state index contributed by atoms with van der Waals surface area (Å²) in [6.07, 6.45) is 3.22. The molecule has 7 nitrogen and oxygen atoms in total.